The van der Waals surface area contributed by atoms with Crippen LogP contribution in [0.15, 0.2) is 59.1 Å². The van der Waals surface area contributed by atoms with Gasteiger partial charge in [0.15, 0.2) is 5.76 Å². The van der Waals surface area contributed by atoms with E-state index in [1.807, 2.05) is 68.4 Å². The van der Waals surface area contributed by atoms with E-state index < -0.39 is 0 Å². The van der Waals surface area contributed by atoms with Crippen molar-refractivity contribution in [2.24, 2.45) is 5.92 Å². The van der Waals surface area contributed by atoms with Crippen LogP contribution in [0.2, 0.25) is 0 Å². The fourth-order valence-electron chi connectivity index (χ4n) is 4.03. The second-order valence-corrected chi connectivity index (χ2v) is 8.41. The number of methoxy groups -OCH3 is 1. The number of hydrogen-bond acceptors (Lipinski definition) is 7. The summed E-state index contributed by atoms with van der Waals surface area (Å²) in [5.74, 6) is 0.0800. The Hall–Kier alpha value is -3.45. The molecule has 0 amide bonds. The quantitative estimate of drug-likeness (QED) is 0.480. The molecule has 0 spiro atoms. The zero-order valence-corrected chi connectivity index (χ0v) is 19.1. The maximum atomic E-state index is 12.6. The normalized spacial score (nSPS) is 15.0. The average Bonchev–Trinajstić information content (AvgIpc) is 3.16. The van der Waals surface area contributed by atoms with E-state index in [0.717, 1.165) is 28.8 Å². The number of carbonyl (C=O) groups is 2. The van der Waals surface area contributed by atoms with Gasteiger partial charge in [0.25, 0.3) is 0 Å². The summed E-state index contributed by atoms with van der Waals surface area (Å²) in [5.41, 5.74) is 4.35. The van der Waals surface area contributed by atoms with E-state index >= 15 is 0 Å². The molecule has 1 atom stereocenters. The van der Waals surface area contributed by atoms with Gasteiger partial charge in [0.1, 0.15) is 6.10 Å². The van der Waals surface area contributed by atoms with E-state index in [1.54, 1.807) is 0 Å². The third kappa shape index (κ3) is 5.31. The summed E-state index contributed by atoms with van der Waals surface area (Å²) in [6.07, 6.45) is -0.242. The highest BCUT2D eigenvalue weighted by Crippen LogP contribution is 2.29. The van der Waals surface area contributed by atoms with Gasteiger partial charge in [-0.25, -0.2) is 0 Å². The summed E-state index contributed by atoms with van der Waals surface area (Å²) >= 11 is 0. The first-order valence-electron chi connectivity index (χ1n) is 11.0. The molecule has 3 aromatic rings. The number of ether oxygens (including phenoxy) is 2. The van der Waals surface area contributed by atoms with Gasteiger partial charge < -0.3 is 14.0 Å². The fourth-order valence-corrected chi connectivity index (χ4v) is 4.03. The van der Waals surface area contributed by atoms with E-state index in [0.29, 0.717) is 24.5 Å². The Morgan fingerprint density at radius 1 is 1.12 bits per heavy atom. The van der Waals surface area contributed by atoms with Gasteiger partial charge in [-0.1, -0.05) is 59.8 Å². The molecule has 7 nitrogen and oxygen atoms in total. The van der Waals surface area contributed by atoms with Crippen molar-refractivity contribution in [2.75, 3.05) is 20.2 Å². The summed E-state index contributed by atoms with van der Waals surface area (Å²) in [4.78, 5) is 26.3. The summed E-state index contributed by atoms with van der Waals surface area (Å²) < 4.78 is 16.0. The zero-order valence-electron chi connectivity index (χ0n) is 19.1. The van der Waals surface area contributed by atoms with Crippen LogP contribution < -0.4 is 0 Å². The number of aryl methyl sites for hydroxylation is 1. The lowest BCUT2D eigenvalue weighted by Gasteiger charge is -2.37. The Morgan fingerprint density at radius 2 is 1.82 bits per heavy atom. The molecule has 0 N–H and O–H groups in total. The number of benzene rings is 2. The SMILES string of the molecule is COC(=O)C1CN(Cc2ccc(-c3onc(C)c3CC(=O)O[C@H](C)c3ccccc3)cc2)C1. The summed E-state index contributed by atoms with van der Waals surface area (Å²) in [6.45, 7) is 5.87. The summed E-state index contributed by atoms with van der Waals surface area (Å²) in [6, 6.07) is 17.6. The molecule has 1 aliphatic rings. The van der Waals surface area contributed by atoms with Crippen LogP contribution in [0.1, 0.15) is 35.4 Å². The first kappa shape index (κ1) is 22.7. The molecule has 0 saturated carbocycles. The van der Waals surface area contributed by atoms with Crippen LogP contribution in [-0.4, -0.2) is 42.2 Å². The lowest BCUT2D eigenvalue weighted by atomic mass is 9.98. The molecular formula is C26H28N2O5. The van der Waals surface area contributed by atoms with E-state index in [1.165, 1.54) is 7.11 Å². The number of likely N-dealkylation sites (tertiary alicyclic amines) is 1. The number of hydrogen-bond donors (Lipinski definition) is 0. The highest BCUT2D eigenvalue weighted by molar-refractivity contribution is 5.77. The van der Waals surface area contributed by atoms with Crippen molar-refractivity contribution in [3.63, 3.8) is 0 Å². The van der Waals surface area contributed by atoms with Gasteiger partial charge in [-0.15, -0.1) is 0 Å². The van der Waals surface area contributed by atoms with Gasteiger partial charge in [-0.3, -0.25) is 14.5 Å². The van der Waals surface area contributed by atoms with Crippen molar-refractivity contribution in [2.45, 2.75) is 32.9 Å². The largest absolute Gasteiger partial charge is 0.469 e. The van der Waals surface area contributed by atoms with Gasteiger partial charge in [0.05, 0.1) is 25.1 Å². The third-order valence-corrected chi connectivity index (χ3v) is 6.00. The second kappa shape index (κ2) is 10.0. The minimum absolute atomic E-state index is 0.0293. The number of carbonyl (C=O) groups excluding carboxylic acids is 2. The minimum Gasteiger partial charge on any atom is -0.469 e. The molecule has 0 unspecified atom stereocenters. The predicted octanol–water partition coefficient (Wildman–Crippen LogP) is 4.10. The molecule has 4 rings (SSSR count). The van der Waals surface area contributed by atoms with Gasteiger partial charge in [0, 0.05) is 30.8 Å². The van der Waals surface area contributed by atoms with Crippen LogP contribution in [0.5, 0.6) is 0 Å². The predicted molar refractivity (Wildman–Crippen MR) is 122 cm³/mol. The van der Waals surface area contributed by atoms with Crippen LogP contribution in [-0.2, 0) is 32.0 Å². The van der Waals surface area contributed by atoms with E-state index in [-0.39, 0.29) is 30.4 Å². The first-order chi connectivity index (χ1) is 15.9. The zero-order chi connectivity index (χ0) is 23.4. The van der Waals surface area contributed by atoms with E-state index in [2.05, 4.69) is 10.1 Å². The molecule has 0 radical (unpaired) electrons. The summed E-state index contributed by atoms with van der Waals surface area (Å²) in [7, 11) is 1.42. The number of nitrogens with zero attached hydrogens (tertiary/aromatic N) is 2. The molecule has 2 heterocycles. The number of esters is 2. The highest BCUT2D eigenvalue weighted by atomic mass is 16.5. The lowest BCUT2D eigenvalue weighted by Crippen LogP contribution is -2.49. The fraction of sp³-hybridized carbons (Fsp3) is 0.346. The Morgan fingerprint density at radius 3 is 2.48 bits per heavy atom. The van der Waals surface area contributed by atoms with Gasteiger partial charge in [0.2, 0.25) is 0 Å². The van der Waals surface area contributed by atoms with Gasteiger partial charge in [-0.05, 0) is 25.0 Å². The Bertz CT molecular complexity index is 1100. The molecular weight excluding hydrogens is 420 g/mol. The van der Waals surface area contributed by atoms with Crippen LogP contribution in [0.3, 0.4) is 0 Å². The van der Waals surface area contributed by atoms with Crippen molar-refractivity contribution in [1.29, 1.82) is 0 Å². The molecule has 0 bridgehead atoms. The van der Waals surface area contributed by atoms with Gasteiger partial charge >= 0.3 is 11.9 Å². The maximum absolute atomic E-state index is 12.6. The van der Waals surface area contributed by atoms with E-state index in [4.69, 9.17) is 14.0 Å². The topological polar surface area (TPSA) is 81.9 Å². The minimum atomic E-state index is -0.332. The monoisotopic (exact) mass is 448 g/mol. The summed E-state index contributed by atoms with van der Waals surface area (Å²) in [5, 5.41) is 4.07. The Kier molecular flexibility index (Phi) is 6.89. The van der Waals surface area contributed by atoms with Crippen LogP contribution in [0.4, 0.5) is 0 Å². The molecule has 1 fully saturated rings. The smallest absolute Gasteiger partial charge is 0.311 e. The Labute approximate surface area is 193 Å². The highest BCUT2D eigenvalue weighted by Gasteiger charge is 2.33. The molecule has 1 aromatic heterocycles. The average molecular weight is 449 g/mol. The number of aromatic nitrogens is 1. The van der Waals surface area contributed by atoms with Crippen molar-refractivity contribution in [3.8, 4) is 11.3 Å². The first-order valence-corrected chi connectivity index (χ1v) is 11.0. The molecule has 2 aromatic carbocycles. The standard InChI is InChI=1S/C26H28N2O5/c1-17-23(13-24(29)32-18(2)20-7-5-4-6-8-20)25(33-27-17)21-11-9-19(10-12-21)14-28-15-22(16-28)26(30)31-3/h4-12,18,22H,13-16H2,1-3H3/t18-/m1/s1. The lowest BCUT2D eigenvalue weighted by molar-refractivity contribution is -0.151. The molecule has 172 valence electrons. The van der Waals surface area contributed by atoms with Crippen molar-refractivity contribution >= 4 is 11.9 Å². The van der Waals surface area contributed by atoms with Crippen molar-refractivity contribution < 1.29 is 23.6 Å². The molecule has 0 aliphatic carbocycles. The molecule has 1 saturated heterocycles. The van der Waals surface area contributed by atoms with Crippen molar-refractivity contribution in [3.05, 3.63) is 77.0 Å². The van der Waals surface area contributed by atoms with Crippen LogP contribution in [0, 0.1) is 12.8 Å². The number of rotatable bonds is 8. The van der Waals surface area contributed by atoms with Crippen LogP contribution >= 0.6 is 0 Å². The maximum Gasteiger partial charge on any atom is 0.311 e. The van der Waals surface area contributed by atoms with Gasteiger partial charge in [-0.2, -0.15) is 0 Å². The molecule has 33 heavy (non-hydrogen) atoms. The Balaban J connectivity index is 1.38. The molecule has 1 aliphatic heterocycles. The third-order valence-electron chi connectivity index (χ3n) is 6.00. The van der Waals surface area contributed by atoms with E-state index in [9.17, 15) is 9.59 Å². The second-order valence-electron chi connectivity index (χ2n) is 8.41. The van der Waals surface area contributed by atoms with Crippen molar-refractivity contribution in [1.82, 2.24) is 10.1 Å². The molecule has 7 heteroatoms. The van der Waals surface area contributed by atoms with Crippen LogP contribution in [0.25, 0.3) is 11.3 Å².